The number of nitriles is 1. The highest BCUT2D eigenvalue weighted by atomic mass is 16.5. The molecule has 0 aromatic heterocycles. The van der Waals surface area contributed by atoms with E-state index in [9.17, 15) is 0 Å². The number of likely N-dealkylation sites (tertiary alicyclic amines) is 1. The van der Waals surface area contributed by atoms with E-state index in [0.29, 0.717) is 6.61 Å². The summed E-state index contributed by atoms with van der Waals surface area (Å²) in [6, 6.07) is 19.0. The molecular formula is C22H26N2O. The Labute approximate surface area is 150 Å². The molecule has 0 N–H and O–H groups in total. The van der Waals surface area contributed by atoms with Crippen molar-refractivity contribution in [3.63, 3.8) is 0 Å². The van der Waals surface area contributed by atoms with E-state index in [1.54, 1.807) is 7.11 Å². The highest BCUT2D eigenvalue weighted by Gasteiger charge is 2.19. The maximum absolute atomic E-state index is 9.02. The average molecular weight is 334 g/mol. The number of hydrogen-bond acceptors (Lipinski definition) is 3. The lowest BCUT2D eigenvalue weighted by atomic mass is 9.89. The van der Waals surface area contributed by atoms with Gasteiger partial charge in [-0.05, 0) is 67.1 Å². The Balaban J connectivity index is 1.47. The van der Waals surface area contributed by atoms with Crippen LogP contribution in [0.3, 0.4) is 0 Å². The van der Waals surface area contributed by atoms with Gasteiger partial charge in [-0.15, -0.1) is 0 Å². The summed E-state index contributed by atoms with van der Waals surface area (Å²) in [6.45, 7) is 3.92. The van der Waals surface area contributed by atoms with Gasteiger partial charge in [-0.1, -0.05) is 36.4 Å². The minimum atomic E-state index is 0.686. The largest absolute Gasteiger partial charge is 0.380 e. The second-order valence-electron chi connectivity index (χ2n) is 6.99. The summed E-state index contributed by atoms with van der Waals surface area (Å²) in [4.78, 5) is 2.51. The Morgan fingerprint density at radius 2 is 1.76 bits per heavy atom. The van der Waals surface area contributed by atoms with Crippen LogP contribution in [0.5, 0.6) is 0 Å². The van der Waals surface area contributed by atoms with Crippen molar-refractivity contribution in [2.45, 2.75) is 32.4 Å². The summed E-state index contributed by atoms with van der Waals surface area (Å²) < 4.78 is 5.17. The quantitative estimate of drug-likeness (QED) is 0.796. The third kappa shape index (κ3) is 5.16. The molecule has 130 valence electrons. The second kappa shape index (κ2) is 8.80. The molecule has 1 saturated heterocycles. The van der Waals surface area contributed by atoms with Crippen LogP contribution in [0.2, 0.25) is 0 Å². The molecule has 1 aliphatic heterocycles. The Kier molecular flexibility index (Phi) is 6.22. The van der Waals surface area contributed by atoms with Crippen LogP contribution < -0.4 is 0 Å². The predicted molar refractivity (Wildman–Crippen MR) is 100 cm³/mol. The molecule has 3 heteroatoms. The molecule has 1 fully saturated rings. The van der Waals surface area contributed by atoms with Gasteiger partial charge in [0.25, 0.3) is 0 Å². The normalized spacial score (nSPS) is 15.8. The first kappa shape index (κ1) is 17.7. The number of benzene rings is 2. The topological polar surface area (TPSA) is 36.3 Å². The van der Waals surface area contributed by atoms with Gasteiger partial charge in [0.15, 0.2) is 0 Å². The van der Waals surface area contributed by atoms with Crippen molar-refractivity contribution in [2.75, 3.05) is 20.2 Å². The van der Waals surface area contributed by atoms with Gasteiger partial charge in [-0.25, -0.2) is 0 Å². The van der Waals surface area contributed by atoms with Gasteiger partial charge in [0.1, 0.15) is 0 Å². The van der Waals surface area contributed by atoms with E-state index in [-0.39, 0.29) is 0 Å². The Morgan fingerprint density at radius 1 is 1.04 bits per heavy atom. The number of hydrogen-bond donors (Lipinski definition) is 0. The average Bonchev–Trinajstić information content (AvgIpc) is 2.65. The predicted octanol–water partition coefficient (Wildman–Crippen LogP) is 4.16. The molecule has 0 aliphatic carbocycles. The van der Waals surface area contributed by atoms with Crippen molar-refractivity contribution in [3.05, 3.63) is 70.8 Å². The van der Waals surface area contributed by atoms with Crippen LogP contribution in [0.1, 0.15) is 35.1 Å². The smallest absolute Gasteiger partial charge is 0.0991 e. The SMILES string of the molecule is COCc1ccc(CC2CCN(Cc3cccc(C#N)c3)CC2)cc1. The van der Waals surface area contributed by atoms with Crippen LogP contribution >= 0.6 is 0 Å². The molecule has 2 aromatic carbocycles. The fourth-order valence-electron chi connectivity index (χ4n) is 3.62. The summed E-state index contributed by atoms with van der Waals surface area (Å²) in [5.41, 5.74) is 4.66. The fraction of sp³-hybridized carbons (Fsp3) is 0.409. The molecule has 0 atom stereocenters. The highest BCUT2D eigenvalue weighted by molar-refractivity contribution is 5.32. The van der Waals surface area contributed by atoms with Crippen LogP contribution in [-0.4, -0.2) is 25.1 Å². The lowest BCUT2D eigenvalue weighted by Crippen LogP contribution is -2.33. The Morgan fingerprint density at radius 3 is 2.44 bits per heavy atom. The highest BCUT2D eigenvalue weighted by Crippen LogP contribution is 2.23. The zero-order valence-corrected chi connectivity index (χ0v) is 14.9. The molecule has 0 radical (unpaired) electrons. The summed E-state index contributed by atoms with van der Waals surface area (Å²) >= 11 is 0. The van der Waals surface area contributed by atoms with Crippen LogP contribution in [-0.2, 0) is 24.3 Å². The summed E-state index contributed by atoms with van der Waals surface area (Å²) in [5, 5.41) is 9.02. The Bertz CT molecular complexity index is 710. The van der Waals surface area contributed by atoms with Crippen LogP contribution in [0.15, 0.2) is 48.5 Å². The van der Waals surface area contributed by atoms with E-state index in [4.69, 9.17) is 10.00 Å². The summed E-state index contributed by atoms with van der Waals surface area (Å²) in [5.74, 6) is 0.773. The van der Waals surface area contributed by atoms with Gasteiger partial charge >= 0.3 is 0 Å². The first-order valence-corrected chi connectivity index (χ1v) is 9.05. The molecule has 3 nitrogen and oxygen atoms in total. The lowest BCUT2D eigenvalue weighted by Gasteiger charge is -2.32. The number of ether oxygens (including phenoxy) is 1. The Hall–Kier alpha value is -2.15. The van der Waals surface area contributed by atoms with Crippen molar-refractivity contribution in [1.82, 2.24) is 4.90 Å². The first-order chi connectivity index (χ1) is 12.3. The lowest BCUT2D eigenvalue weighted by molar-refractivity contribution is 0.177. The minimum Gasteiger partial charge on any atom is -0.380 e. The maximum Gasteiger partial charge on any atom is 0.0991 e. The van der Waals surface area contributed by atoms with Crippen LogP contribution in [0.4, 0.5) is 0 Å². The molecule has 25 heavy (non-hydrogen) atoms. The molecule has 3 rings (SSSR count). The third-order valence-corrected chi connectivity index (χ3v) is 5.03. The fourth-order valence-corrected chi connectivity index (χ4v) is 3.62. The van der Waals surface area contributed by atoms with Crippen molar-refractivity contribution in [2.24, 2.45) is 5.92 Å². The van der Waals surface area contributed by atoms with E-state index in [2.05, 4.69) is 41.3 Å². The zero-order valence-electron chi connectivity index (χ0n) is 14.9. The van der Waals surface area contributed by atoms with E-state index in [1.165, 1.54) is 36.0 Å². The van der Waals surface area contributed by atoms with E-state index >= 15 is 0 Å². The molecular weight excluding hydrogens is 308 g/mol. The number of piperidine rings is 1. The molecule has 0 saturated carbocycles. The summed E-state index contributed by atoms with van der Waals surface area (Å²) in [7, 11) is 1.73. The molecule has 1 heterocycles. The van der Waals surface area contributed by atoms with Gasteiger partial charge in [-0.2, -0.15) is 5.26 Å². The second-order valence-corrected chi connectivity index (χ2v) is 6.99. The minimum absolute atomic E-state index is 0.686. The monoisotopic (exact) mass is 334 g/mol. The van der Waals surface area contributed by atoms with Crippen molar-refractivity contribution in [1.29, 1.82) is 5.26 Å². The molecule has 0 spiro atoms. The van der Waals surface area contributed by atoms with Crippen molar-refractivity contribution < 1.29 is 4.74 Å². The van der Waals surface area contributed by atoms with E-state index < -0.39 is 0 Å². The molecule has 1 aliphatic rings. The number of rotatable bonds is 6. The van der Waals surface area contributed by atoms with Crippen molar-refractivity contribution >= 4 is 0 Å². The third-order valence-electron chi connectivity index (χ3n) is 5.03. The van der Waals surface area contributed by atoms with Crippen molar-refractivity contribution in [3.8, 4) is 6.07 Å². The molecule has 0 amide bonds. The van der Waals surface area contributed by atoms with Gasteiger partial charge in [0, 0.05) is 13.7 Å². The maximum atomic E-state index is 9.02. The summed E-state index contributed by atoms with van der Waals surface area (Å²) in [6.07, 6.45) is 3.67. The van der Waals surface area contributed by atoms with E-state index in [1.807, 2.05) is 18.2 Å². The van der Waals surface area contributed by atoms with Gasteiger partial charge in [0.05, 0.1) is 18.2 Å². The first-order valence-electron chi connectivity index (χ1n) is 9.05. The molecule has 0 bridgehead atoms. The van der Waals surface area contributed by atoms with Crippen LogP contribution in [0, 0.1) is 17.2 Å². The standard InChI is InChI=1S/C22H26N2O/c1-25-17-20-7-5-18(6-8-20)13-19-9-11-24(12-10-19)16-22-4-2-3-21(14-22)15-23/h2-8,14,19H,9-13,16-17H2,1H3. The number of nitrogens with zero attached hydrogens (tertiary/aromatic N) is 2. The molecule has 0 unspecified atom stereocenters. The number of methoxy groups -OCH3 is 1. The van der Waals surface area contributed by atoms with Crippen LogP contribution in [0.25, 0.3) is 0 Å². The van der Waals surface area contributed by atoms with Gasteiger partial charge in [-0.3, -0.25) is 4.90 Å². The van der Waals surface area contributed by atoms with Gasteiger partial charge < -0.3 is 4.74 Å². The van der Waals surface area contributed by atoms with E-state index in [0.717, 1.165) is 31.1 Å². The molecule has 2 aromatic rings. The van der Waals surface area contributed by atoms with Gasteiger partial charge in [0.2, 0.25) is 0 Å². The zero-order chi connectivity index (χ0) is 17.5.